The average molecular weight is 276 g/mol. The van der Waals surface area contributed by atoms with E-state index in [0.717, 1.165) is 16.7 Å². The number of aromatic nitrogens is 2. The highest BCUT2D eigenvalue weighted by Gasteiger charge is 2.02. The van der Waals surface area contributed by atoms with Gasteiger partial charge in [0.2, 0.25) is 0 Å². The Labute approximate surface area is 96.1 Å². The van der Waals surface area contributed by atoms with Gasteiger partial charge in [-0.15, -0.1) is 12.4 Å². The smallest absolute Gasteiger partial charge is 0.197 e. The second-order valence-corrected chi connectivity index (χ2v) is 3.25. The van der Waals surface area contributed by atoms with Gasteiger partial charge in [-0.1, -0.05) is 12.1 Å². The van der Waals surface area contributed by atoms with Crippen molar-refractivity contribution in [1.29, 1.82) is 0 Å². The number of hydrogen-bond acceptors (Lipinski definition) is 3. The normalized spacial score (nSPS) is 9.57. The van der Waals surface area contributed by atoms with Crippen LogP contribution >= 0.6 is 28.3 Å². The Bertz CT molecular complexity index is 450. The van der Waals surface area contributed by atoms with Crippen molar-refractivity contribution >= 4 is 39.2 Å². The third-order valence-corrected chi connectivity index (χ3v) is 2.15. The first-order chi connectivity index (χ1) is 6.31. The molecule has 0 saturated carbocycles. The molecule has 1 aromatic heterocycles. The number of hydrogen-bond donors (Lipinski definition) is 0. The third-order valence-electron chi connectivity index (χ3n) is 1.76. The van der Waals surface area contributed by atoms with Gasteiger partial charge in [-0.3, -0.25) is 0 Å². The minimum Gasteiger partial charge on any atom is -0.494 e. The first kappa shape index (κ1) is 11.2. The van der Waals surface area contributed by atoms with Crippen LogP contribution in [0.5, 0.6) is 5.75 Å². The predicted octanol–water partition coefficient (Wildman–Crippen LogP) is 2.82. The Kier molecular flexibility index (Phi) is 3.66. The molecule has 74 valence electrons. The van der Waals surface area contributed by atoms with Gasteiger partial charge < -0.3 is 4.74 Å². The molecule has 3 nitrogen and oxygen atoms in total. The lowest BCUT2D eigenvalue weighted by molar-refractivity contribution is 0.419. The Morgan fingerprint density at radius 3 is 2.86 bits per heavy atom. The van der Waals surface area contributed by atoms with Crippen LogP contribution in [0.25, 0.3) is 10.9 Å². The van der Waals surface area contributed by atoms with Crippen molar-refractivity contribution < 1.29 is 4.74 Å². The fourth-order valence-electron chi connectivity index (χ4n) is 1.17. The minimum absolute atomic E-state index is 0. The summed E-state index contributed by atoms with van der Waals surface area (Å²) < 4.78 is 5.74. The molecule has 0 saturated heterocycles. The molecule has 0 fully saturated rings. The van der Waals surface area contributed by atoms with Crippen molar-refractivity contribution in [1.82, 2.24) is 9.97 Å². The zero-order chi connectivity index (χ0) is 9.26. The summed E-state index contributed by atoms with van der Waals surface area (Å²) in [7, 11) is 1.63. The molecule has 0 aliphatic carbocycles. The van der Waals surface area contributed by atoms with E-state index in [4.69, 9.17) is 4.74 Å². The predicted molar refractivity (Wildman–Crippen MR) is 61.0 cm³/mol. The summed E-state index contributed by atoms with van der Waals surface area (Å²) in [5.41, 5.74) is 0.826. The van der Waals surface area contributed by atoms with Crippen LogP contribution in [0.4, 0.5) is 0 Å². The van der Waals surface area contributed by atoms with Gasteiger partial charge in [0.1, 0.15) is 11.3 Å². The molecule has 1 heterocycles. The molecule has 0 bridgehead atoms. The molecule has 2 aromatic rings. The molecule has 0 aliphatic heterocycles. The molecular weight excluding hydrogens is 267 g/mol. The topological polar surface area (TPSA) is 35.0 Å². The fourth-order valence-corrected chi connectivity index (χ4v) is 1.45. The summed E-state index contributed by atoms with van der Waals surface area (Å²) in [6.45, 7) is 0. The lowest BCUT2D eigenvalue weighted by atomic mass is 10.2. The summed E-state index contributed by atoms with van der Waals surface area (Å²) >= 11 is 3.22. The Morgan fingerprint density at radius 1 is 1.36 bits per heavy atom. The van der Waals surface area contributed by atoms with E-state index in [1.165, 1.54) is 0 Å². The minimum atomic E-state index is 0. The van der Waals surface area contributed by atoms with Crippen molar-refractivity contribution in [2.45, 2.75) is 0 Å². The molecular formula is C9H8BrClN2O. The van der Waals surface area contributed by atoms with E-state index in [9.17, 15) is 0 Å². The zero-order valence-electron chi connectivity index (χ0n) is 7.40. The van der Waals surface area contributed by atoms with Gasteiger partial charge in [-0.05, 0) is 22.0 Å². The molecule has 2 rings (SSSR count). The van der Waals surface area contributed by atoms with Crippen LogP contribution in [0, 0.1) is 0 Å². The Morgan fingerprint density at radius 2 is 2.14 bits per heavy atom. The van der Waals surface area contributed by atoms with Crippen LogP contribution in [0.1, 0.15) is 0 Å². The van der Waals surface area contributed by atoms with Crippen LogP contribution in [0.3, 0.4) is 0 Å². The monoisotopic (exact) mass is 274 g/mol. The van der Waals surface area contributed by atoms with E-state index in [1.54, 1.807) is 13.3 Å². The number of rotatable bonds is 1. The first-order valence-corrected chi connectivity index (χ1v) is 4.56. The number of ether oxygens (including phenoxy) is 1. The number of halogens is 2. The number of para-hydroxylation sites is 1. The standard InChI is InChI=1S/C9H7BrN2O.ClH/c1-13-7-4-2-3-6-5-11-9(10)12-8(6)7;/h2-5H,1H3;1H. The van der Waals surface area contributed by atoms with Crippen LogP contribution < -0.4 is 4.74 Å². The number of fused-ring (bicyclic) bond motifs is 1. The van der Waals surface area contributed by atoms with Crippen LogP contribution in [-0.4, -0.2) is 17.1 Å². The van der Waals surface area contributed by atoms with Gasteiger partial charge in [-0.2, -0.15) is 0 Å². The van der Waals surface area contributed by atoms with Crippen LogP contribution in [0.2, 0.25) is 0 Å². The Balaban J connectivity index is 0.000000980. The molecule has 0 aliphatic rings. The zero-order valence-corrected chi connectivity index (χ0v) is 9.80. The average Bonchev–Trinajstić information content (AvgIpc) is 2.17. The number of nitrogens with zero attached hydrogens (tertiary/aromatic N) is 2. The molecule has 0 N–H and O–H groups in total. The first-order valence-electron chi connectivity index (χ1n) is 3.76. The van der Waals surface area contributed by atoms with E-state index in [2.05, 4.69) is 25.9 Å². The van der Waals surface area contributed by atoms with Crippen molar-refractivity contribution in [3.05, 3.63) is 29.1 Å². The molecule has 0 atom stereocenters. The number of methoxy groups -OCH3 is 1. The van der Waals surface area contributed by atoms with E-state index in [-0.39, 0.29) is 12.4 Å². The highest BCUT2D eigenvalue weighted by atomic mass is 79.9. The van der Waals surface area contributed by atoms with Crippen molar-refractivity contribution in [2.24, 2.45) is 0 Å². The quantitative estimate of drug-likeness (QED) is 0.751. The maximum absolute atomic E-state index is 5.17. The maximum atomic E-state index is 5.17. The van der Waals surface area contributed by atoms with Gasteiger partial charge in [0.25, 0.3) is 0 Å². The van der Waals surface area contributed by atoms with E-state index >= 15 is 0 Å². The van der Waals surface area contributed by atoms with E-state index in [1.807, 2.05) is 18.2 Å². The highest BCUT2D eigenvalue weighted by Crippen LogP contribution is 2.23. The lowest BCUT2D eigenvalue weighted by Gasteiger charge is -2.03. The number of benzene rings is 1. The maximum Gasteiger partial charge on any atom is 0.197 e. The van der Waals surface area contributed by atoms with Crippen LogP contribution in [-0.2, 0) is 0 Å². The molecule has 14 heavy (non-hydrogen) atoms. The molecule has 0 spiro atoms. The van der Waals surface area contributed by atoms with Gasteiger partial charge >= 0.3 is 0 Å². The SMILES string of the molecule is COc1cccc2cnc(Br)nc12.Cl. The summed E-state index contributed by atoms with van der Waals surface area (Å²) in [4.78, 5) is 8.26. The molecule has 0 unspecified atom stereocenters. The summed E-state index contributed by atoms with van der Waals surface area (Å²) in [5.74, 6) is 0.764. The summed E-state index contributed by atoms with van der Waals surface area (Å²) in [5, 5.41) is 0.975. The van der Waals surface area contributed by atoms with Gasteiger partial charge in [0.15, 0.2) is 4.73 Å². The largest absolute Gasteiger partial charge is 0.494 e. The van der Waals surface area contributed by atoms with Gasteiger partial charge in [-0.25, -0.2) is 9.97 Å². The van der Waals surface area contributed by atoms with Crippen molar-refractivity contribution in [3.63, 3.8) is 0 Å². The molecule has 1 aromatic carbocycles. The Hall–Kier alpha value is -0.870. The lowest BCUT2D eigenvalue weighted by Crippen LogP contribution is -1.89. The third kappa shape index (κ3) is 1.96. The second-order valence-electron chi connectivity index (χ2n) is 2.54. The highest BCUT2D eigenvalue weighted by molar-refractivity contribution is 9.10. The molecule has 5 heteroatoms. The molecule has 0 amide bonds. The van der Waals surface area contributed by atoms with E-state index < -0.39 is 0 Å². The van der Waals surface area contributed by atoms with Crippen molar-refractivity contribution in [3.8, 4) is 5.75 Å². The van der Waals surface area contributed by atoms with Gasteiger partial charge in [0.05, 0.1) is 7.11 Å². The summed E-state index contributed by atoms with van der Waals surface area (Å²) in [6, 6.07) is 5.74. The van der Waals surface area contributed by atoms with Crippen molar-refractivity contribution in [2.75, 3.05) is 7.11 Å². The van der Waals surface area contributed by atoms with E-state index in [0.29, 0.717) is 4.73 Å². The van der Waals surface area contributed by atoms with Crippen LogP contribution in [0.15, 0.2) is 29.1 Å². The molecule has 0 radical (unpaired) electrons. The fraction of sp³-hybridized carbons (Fsp3) is 0.111. The summed E-state index contributed by atoms with van der Waals surface area (Å²) in [6.07, 6.45) is 1.76. The van der Waals surface area contributed by atoms with Gasteiger partial charge in [0, 0.05) is 11.6 Å². The second kappa shape index (κ2) is 4.57.